The molecule has 0 amide bonds. The van der Waals surface area contributed by atoms with Gasteiger partial charge in [-0.25, -0.2) is 0 Å². The number of aliphatic hydroxyl groups is 1. The van der Waals surface area contributed by atoms with Gasteiger partial charge in [-0.3, -0.25) is 9.88 Å². The number of hydrogen-bond acceptors (Lipinski definition) is 4. The molecule has 0 radical (unpaired) electrons. The third-order valence-corrected chi connectivity index (χ3v) is 3.12. The number of aromatic nitrogens is 1. The molecule has 0 spiro atoms. The standard InChI is InChI=1S/C12H19N3O/c1-14-6-8-15(9-7-14)10-12(16)11-2-4-13-5-3-11/h2-5,12,16H,6-10H2,1H3. The summed E-state index contributed by atoms with van der Waals surface area (Å²) >= 11 is 0. The summed E-state index contributed by atoms with van der Waals surface area (Å²) in [5, 5.41) is 10.1. The van der Waals surface area contributed by atoms with Gasteiger partial charge in [-0.2, -0.15) is 0 Å². The SMILES string of the molecule is CN1CCN(CC(O)c2ccncc2)CC1. The maximum Gasteiger partial charge on any atom is 0.0918 e. The van der Waals surface area contributed by atoms with Crippen LogP contribution < -0.4 is 0 Å². The Morgan fingerprint density at radius 2 is 1.88 bits per heavy atom. The molecule has 1 aliphatic heterocycles. The fourth-order valence-electron chi connectivity index (χ4n) is 1.97. The van der Waals surface area contributed by atoms with Gasteiger partial charge in [0.15, 0.2) is 0 Å². The molecule has 1 unspecified atom stereocenters. The monoisotopic (exact) mass is 221 g/mol. The number of hydrogen-bond donors (Lipinski definition) is 1. The molecule has 1 aliphatic rings. The first-order valence-electron chi connectivity index (χ1n) is 5.74. The van der Waals surface area contributed by atoms with Gasteiger partial charge in [-0.05, 0) is 24.7 Å². The normalized spacial score (nSPS) is 20.9. The lowest BCUT2D eigenvalue weighted by atomic mass is 10.1. The molecule has 16 heavy (non-hydrogen) atoms. The van der Waals surface area contributed by atoms with Crippen LogP contribution in [0.25, 0.3) is 0 Å². The van der Waals surface area contributed by atoms with Crippen molar-refractivity contribution in [2.75, 3.05) is 39.8 Å². The number of nitrogens with zero attached hydrogens (tertiary/aromatic N) is 3. The van der Waals surface area contributed by atoms with Crippen molar-refractivity contribution in [3.63, 3.8) is 0 Å². The molecule has 1 aromatic rings. The second kappa shape index (κ2) is 5.39. The molecule has 1 saturated heterocycles. The van der Waals surface area contributed by atoms with Crippen molar-refractivity contribution in [1.82, 2.24) is 14.8 Å². The van der Waals surface area contributed by atoms with Crippen LogP contribution in [0.1, 0.15) is 11.7 Å². The third-order valence-electron chi connectivity index (χ3n) is 3.12. The van der Waals surface area contributed by atoms with Crippen molar-refractivity contribution in [1.29, 1.82) is 0 Å². The maximum absolute atomic E-state index is 10.1. The van der Waals surface area contributed by atoms with E-state index in [1.165, 1.54) is 0 Å². The highest BCUT2D eigenvalue weighted by Crippen LogP contribution is 2.13. The predicted octanol–water partition coefficient (Wildman–Crippen LogP) is 0.362. The number of likely N-dealkylation sites (N-methyl/N-ethyl adjacent to an activating group) is 1. The number of piperazine rings is 1. The summed E-state index contributed by atoms with van der Waals surface area (Å²) in [7, 11) is 2.14. The van der Waals surface area contributed by atoms with Gasteiger partial charge in [-0.15, -0.1) is 0 Å². The first-order valence-corrected chi connectivity index (χ1v) is 5.74. The van der Waals surface area contributed by atoms with E-state index in [9.17, 15) is 5.11 Å². The summed E-state index contributed by atoms with van der Waals surface area (Å²) in [5.41, 5.74) is 0.953. The van der Waals surface area contributed by atoms with Crippen LogP contribution in [0.4, 0.5) is 0 Å². The van der Waals surface area contributed by atoms with E-state index in [1.54, 1.807) is 12.4 Å². The molecule has 4 nitrogen and oxygen atoms in total. The third kappa shape index (κ3) is 3.01. The van der Waals surface area contributed by atoms with Crippen molar-refractivity contribution in [3.05, 3.63) is 30.1 Å². The van der Waals surface area contributed by atoms with Crippen LogP contribution in [0.3, 0.4) is 0 Å². The minimum absolute atomic E-state index is 0.397. The van der Waals surface area contributed by atoms with Crippen LogP contribution in [-0.2, 0) is 0 Å². The van der Waals surface area contributed by atoms with E-state index < -0.39 is 6.10 Å². The fourth-order valence-corrected chi connectivity index (χ4v) is 1.97. The molecule has 4 heteroatoms. The minimum atomic E-state index is -0.397. The van der Waals surface area contributed by atoms with Gasteiger partial charge in [0.25, 0.3) is 0 Å². The Kier molecular flexibility index (Phi) is 3.88. The van der Waals surface area contributed by atoms with Gasteiger partial charge in [0.05, 0.1) is 6.10 Å². The molecule has 1 aromatic heterocycles. The molecule has 0 bridgehead atoms. The average Bonchev–Trinajstić information content (AvgIpc) is 2.33. The molecule has 88 valence electrons. The summed E-state index contributed by atoms with van der Waals surface area (Å²) in [6.07, 6.45) is 3.05. The smallest absolute Gasteiger partial charge is 0.0918 e. The van der Waals surface area contributed by atoms with Gasteiger partial charge < -0.3 is 10.0 Å². The van der Waals surface area contributed by atoms with E-state index in [4.69, 9.17) is 0 Å². The summed E-state index contributed by atoms with van der Waals surface area (Å²) in [6.45, 7) is 4.97. The van der Waals surface area contributed by atoms with Gasteiger partial charge in [0, 0.05) is 45.1 Å². The zero-order valence-corrected chi connectivity index (χ0v) is 9.71. The molecule has 2 heterocycles. The first kappa shape index (κ1) is 11.5. The van der Waals surface area contributed by atoms with Crippen molar-refractivity contribution in [2.45, 2.75) is 6.10 Å². The summed E-state index contributed by atoms with van der Waals surface area (Å²) < 4.78 is 0. The first-order chi connectivity index (χ1) is 7.75. The highest BCUT2D eigenvalue weighted by Gasteiger charge is 2.17. The van der Waals surface area contributed by atoms with E-state index >= 15 is 0 Å². The summed E-state index contributed by atoms with van der Waals surface area (Å²) in [6, 6.07) is 3.75. The Hall–Kier alpha value is -0.970. The fraction of sp³-hybridized carbons (Fsp3) is 0.583. The molecule has 2 rings (SSSR count). The quantitative estimate of drug-likeness (QED) is 0.800. The van der Waals surface area contributed by atoms with Gasteiger partial charge in [-0.1, -0.05) is 0 Å². The van der Waals surface area contributed by atoms with Crippen LogP contribution in [0.15, 0.2) is 24.5 Å². The largest absolute Gasteiger partial charge is 0.387 e. The van der Waals surface area contributed by atoms with Gasteiger partial charge in [0.2, 0.25) is 0 Å². The Bertz CT molecular complexity index is 309. The minimum Gasteiger partial charge on any atom is -0.387 e. The molecule has 0 saturated carbocycles. The lowest BCUT2D eigenvalue weighted by molar-refractivity contribution is 0.0805. The Balaban J connectivity index is 1.86. The van der Waals surface area contributed by atoms with E-state index in [0.29, 0.717) is 0 Å². The molecule has 1 atom stereocenters. The van der Waals surface area contributed by atoms with E-state index in [-0.39, 0.29) is 0 Å². The lowest BCUT2D eigenvalue weighted by Gasteiger charge is -2.33. The number of aliphatic hydroxyl groups excluding tert-OH is 1. The van der Waals surface area contributed by atoms with E-state index in [0.717, 1.165) is 38.3 Å². The van der Waals surface area contributed by atoms with Crippen LogP contribution in [0.2, 0.25) is 0 Å². The molecule has 0 aliphatic carbocycles. The zero-order chi connectivity index (χ0) is 11.4. The Morgan fingerprint density at radius 3 is 2.50 bits per heavy atom. The number of rotatable bonds is 3. The molecular weight excluding hydrogens is 202 g/mol. The highest BCUT2D eigenvalue weighted by atomic mass is 16.3. The van der Waals surface area contributed by atoms with Crippen LogP contribution in [0, 0.1) is 0 Å². The summed E-state index contributed by atoms with van der Waals surface area (Å²) in [5.74, 6) is 0. The number of β-amino-alcohol motifs (C(OH)–C–C–N with tert-alkyl or cyclic N) is 1. The predicted molar refractivity (Wildman–Crippen MR) is 63.1 cm³/mol. The van der Waals surface area contributed by atoms with Gasteiger partial charge in [0.1, 0.15) is 0 Å². The van der Waals surface area contributed by atoms with E-state index in [1.807, 2.05) is 12.1 Å². The lowest BCUT2D eigenvalue weighted by Crippen LogP contribution is -2.45. The second-order valence-corrected chi connectivity index (χ2v) is 4.40. The Labute approximate surface area is 96.5 Å². The zero-order valence-electron chi connectivity index (χ0n) is 9.71. The topological polar surface area (TPSA) is 39.6 Å². The van der Waals surface area contributed by atoms with Crippen LogP contribution in [0.5, 0.6) is 0 Å². The van der Waals surface area contributed by atoms with Gasteiger partial charge >= 0.3 is 0 Å². The van der Waals surface area contributed by atoms with E-state index in [2.05, 4.69) is 21.8 Å². The van der Waals surface area contributed by atoms with Crippen LogP contribution >= 0.6 is 0 Å². The molecule has 1 N–H and O–H groups in total. The highest BCUT2D eigenvalue weighted by molar-refractivity contribution is 5.13. The second-order valence-electron chi connectivity index (χ2n) is 4.40. The van der Waals surface area contributed by atoms with Crippen molar-refractivity contribution >= 4 is 0 Å². The van der Waals surface area contributed by atoms with Crippen molar-refractivity contribution < 1.29 is 5.11 Å². The molecule has 1 fully saturated rings. The van der Waals surface area contributed by atoms with Crippen molar-refractivity contribution in [3.8, 4) is 0 Å². The van der Waals surface area contributed by atoms with Crippen LogP contribution in [-0.4, -0.2) is 59.7 Å². The molecular formula is C12H19N3O. The average molecular weight is 221 g/mol. The summed E-state index contributed by atoms with van der Waals surface area (Å²) in [4.78, 5) is 8.58. The molecule has 0 aromatic carbocycles. The maximum atomic E-state index is 10.1. The Morgan fingerprint density at radius 1 is 1.25 bits per heavy atom. The van der Waals surface area contributed by atoms with Crippen molar-refractivity contribution in [2.24, 2.45) is 0 Å². The number of pyridine rings is 1.